The van der Waals surface area contributed by atoms with E-state index in [1.54, 1.807) is 6.07 Å². The van der Waals surface area contributed by atoms with Crippen molar-refractivity contribution in [2.75, 3.05) is 23.8 Å². The summed E-state index contributed by atoms with van der Waals surface area (Å²) in [5.41, 5.74) is 1.07. The van der Waals surface area contributed by atoms with Gasteiger partial charge in [-0.15, -0.1) is 13.2 Å². The first-order chi connectivity index (χ1) is 15.1. The molecule has 2 aromatic carbocycles. The number of rotatable bonds is 8. The predicted octanol–water partition coefficient (Wildman–Crippen LogP) is 5.59. The number of halogens is 5. The van der Waals surface area contributed by atoms with Crippen molar-refractivity contribution in [3.05, 3.63) is 52.5 Å². The van der Waals surface area contributed by atoms with Gasteiger partial charge in [-0.05, 0) is 30.7 Å². The summed E-state index contributed by atoms with van der Waals surface area (Å²) in [7, 11) is 0. The Morgan fingerprint density at radius 2 is 1.75 bits per heavy atom. The van der Waals surface area contributed by atoms with Crippen LogP contribution in [0, 0.1) is 0 Å². The first-order valence-electron chi connectivity index (χ1n) is 9.19. The molecule has 4 N–H and O–H groups in total. The number of anilines is 3. The molecule has 3 rings (SSSR count). The lowest BCUT2D eigenvalue weighted by atomic mass is 10.1. The molecule has 12 heteroatoms. The molecular formula is C20H17Cl2F3N4O3. The maximum Gasteiger partial charge on any atom is 0.573 e. The van der Waals surface area contributed by atoms with E-state index in [-0.39, 0.29) is 34.2 Å². The molecule has 0 saturated heterocycles. The fourth-order valence-electron chi connectivity index (χ4n) is 2.66. The fraction of sp³-hybridized carbons (Fsp3) is 0.200. The molecular weight excluding hydrogens is 472 g/mol. The second-order valence-corrected chi connectivity index (χ2v) is 7.27. The number of nitrogens with zero attached hydrogens (tertiary/aromatic N) is 2. The van der Waals surface area contributed by atoms with Gasteiger partial charge < -0.3 is 25.6 Å². The van der Waals surface area contributed by atoms with Crippen LogP contribution >= 0.6 is 23.2 Å². The Kier molecular flexibility index (Phi) is 7.49. The molecule has 32 heavy (non-hydrogen) atoms. The van der Waals surface area contributed by atoms with Crippen molar-refractivity contribution in [1.82, 2.24) is 9.97 Å². The average molecular weight is 489 g/mol. The van der Waals surface area contributed by atoms with E-state index in [2.05, 4.69) is 25.3 Å². The molecule has 0 fully saturated rings. The van der Waals surface area contributed by atoms with Crippen molar-refractivity contribution in [2.24, 2.45) is 0 Å². The summed E-state index contributed by atoms with van der Waals surface area (Å²) in [6, 6.07) is 9.73. The second kappa shape index (κ2) is 10.1. The SMILES string of the molecule is OCCCNc1nc(Nc2cc(Cl)c(O)c(Cl)c2)cc(-c2cccc(OC(F)(F)F)c2)n1. The number of hydrogen-bond acceptors (Lipinski definition) is 7. The number of aromatic hydroxyl groups is 1. The van der Waals surface area contributed by atoms with Crippen LogP contribution in [0.5, 0.6) is 11.5 Å². The summed E-state index contributed by atoms with van der Waals surface area (Å²) in [6.07, 6.45) is -4.39. The van der Waals surface area contributed by atoms with Gasteiger partial charge in [0.15, 0.2) is 5.75 Å². The zero-order valence-electron chi connectivity index (χ0n) is 16.2. The average Bonchev–Trinajstić information content (AvgIpc) is 2.71. The molecule has 3 aromatic rings. The second-order valence-electron chi connectivity index (χ2n) is 6.46. The van der Waals surface area contributed by atoms with Crippen LogP contribution in [0.2, 0.25) is 10.0 Å². The van der Waals surface area contributed by atoms with Gasteiger partial charge in [0.25, 0.3) is 0 Å². The van der Waals surface area contributed by atoms with E-state index in [1.807, 2.05) is 0 Å². The number of nitrogens with one attached hydrogen (secondary N) is 2. The molecule has 0 amide bonds. The molecule has 0 aliphatic heterocycles. The topological polar surface area (TPSA) is 99.5 Å². The zero-order chi connectivity index (χ0) is 23.3. The standard InChI is InChI=1S/C20H17Cl2F3N4O3/c21-14-8-12(9-15(22)18(14)31)27-17-10-16(28-19(29-17)26-5-2-6-30)11-3-1-4-13(7-11)32-20(23,24)25/h1,3-4,7-10,30-31H,2,5-6H2,(H2,26,27,28,29). The number of hydrogen-bond donors (Lipinski definition) is 4. The molecule has 0 aliphatic rings. The number of aliphatic hydroxyl groups excluding tert-OH is 1. The molecule has 0 unspecified atom stereocenters. The third-order valence-corrected chi connectivity index (χ3v) is 4.57. The third kappa shape index (κ3) is 6.52. The first kappa shape index (κ1) is 23.7. The number of phenolic OH excluding ortho intramolecular Hbond substituents is 1. The van der Waals surface area contributed by atoms with Gasteiger partial charge in [-0.1, -0.05) is 35.3 Å². The summed E-state index contributed by atoms with van der Waals surface area (Å²) in [5, 5.41) is 24.7. The largest absolute Gasteiger partial charge is 0.573 e. The summed E-state index contributed by atoms with van der Waals surface area (Å²) in [4.78, 5) is 8.65. The van der Waals surface area contributed by atoms with Crippen molar-refractivity contribution >= 4 is 40.7 Å². The quantitative estimate of drug-likeness (QED) is 0.242. The number of ether oxygens (including phenoxy) is 1. The van der Waals surface area contributed by atoms with Crippen molar-refractivity contribution in [3.63, 3.8) is 0 Å². The Morgan fingerprint density at radius 1 is 1.03 bits per heavy atom. The number of aliphatic hydroxyl groups is 1. The highest BCUT2D eigenvalue weighted by Gasteiger charge is 2.31. The Hall–Kier alpha value is -2.95. The van der Waals surface area contributed by atoms with Gasteiger partial charge >= 0.3 is 6.36 Å². The maximum absolute atomic E-state index is 12.6. The van der Waals surface area contributed by atoms with Gasteiger partial charge in [-0.3, -0.25) is 0 Å². The molecule has 0 radical (unpaired) electrons. The minimum Gasteiger partial charge on any atom is -0.505 e. The normalized spacial score (nSPS) is 11.3. The van der Waals surface area contributed by atoms with E-state index in [4.69, 9.17) is 28.3 Å². The van der Waals surface area contributed by atoms with E-state index < -0.39 is 12.1 Å². The molecule has 0 saturated carbocycles. The molecule has 0 spiro atoms. The summed E-state index contributed by atoms with van der Waals surface area (Å²) in [5.74, 6) is -0.205. The molecule has 7 nitrogen and oxygen atoms in total. The zero-order valence-corrected chi connectivity index (χ0v) is 17.8. The number of phenols is 1. The van der Waals surface area contributed by atoms with Gasteiger partial charge in [0.05, 0.1) is 15.7 Å². The molecule has 0 aliphatic carbocycles. The summed E-state index contributed by atoms with van der Waals surface area (Å²) < 4.78 is 41.7. The van der Waals surface area contributed by atoms with E-state index in [0.29, 0.717) is 29.9 Å². The highest BCUT2D eigenvalue weighted by atomic mass is 35.5. The maximum atomic E-state index is 12.6. The smallest absolute Gasteiger partial charge is 0.505 e. The Balaban J connectivity index is 1.97. The van der Waals surface area contributed by atoms with Crippen LogP contribution in [0.3, 0.4) is 0 Å². The van der Waals surface area contributed by atoms with Crippen molar-refractivity contribution < 1.29 is 28.1 Å². The molecule has 1 aromatic heterocycles. The summed E-state index contributed by atoms with van der Waals surface area (Å²) in [6.45, 7) is 0.326. The highest BCUT2D eigenvalue weighted by molar-refractivity contribution is 6.37. The van der Waals surface area contributed by atoms with Crippen LogP contribution in [0.4, 0.5) is 30.6 Å². The fourth-order valence-corrected chi connectivity index (χ4v) is 3.14. The number of benzene rings is 2. The molecule has 0 atom stereocenters. The number of aromatic nitrogens is 2. The van der Waals surface area contributed by atoms with Gasteiger partial charge in [0.1, 0.15) is 11.6 Å². The molecule has 0 bridgehead atoms. The third-order valence-electron chi connectivity index (χ3n) is 4.00. The van der Waals surface area contributed by atoms with Crippen LogP contribution in [0.1, 0.15) is 6.42 Å². The van der Waals surface area contributed by atoms with E-state index >= 15 is 0 Å². The van der Waals surface area contributed by atoms with Gasteiger partial charge in [0.2, 0.25) is 5.95 Å². The van der Waals surface area contributed by atoms with Crippen LogP contribution in [-0.2, 0) is 0 Å². The Bertz CT molecular complexity index is 1080. The number of alkyl halides is 3. The van der Waals surface area contributed by atoms with Gasteiger partial charge in [-0.2, -0.15) is 4.98 Å². The highest BCUT2D eigenvalue weighted by Crippen LogP contribution is 2.36. The Labute approximate surface area is 190 Å². The van der Waals surface area contributed by atoms with Crippen LogP contribution in [0.15, 0.2) is 42.5 Å². The predicted molar refractivity (Wildman–Crippen MR) is 116 cm³/mol. The van der Waals surface area contributed by atoms with E-state index in [1.165, 1.54) is 36.4 Å². The Morgan fingerprint density at radius 3 is 2.41 bits per heavy atom. The summed E-state index contributed by atoms with van der Waals surface area (Å²) >= 11 is 11.9. The van der Waals surface area contributed by atoms with Gasteiger partial charge in [0, 0.05) is 30.5 Å². The van der Waals surface area contributed by atoms with Gasteiger partial charge in [-0.25, -0.2) is 4.98 Å². The van der Waals surface area contributed by atoms with E-state index in [0.717, 1.165) is 0 Å². The first-order valence-corrected chi connectivity index (χ1v) is 9.95. The van der Waals surface area contributed by atoms with Crippen LogP contribution in [0.25, 0.3) is 11.3 Å². The lowest BCUT2D eigenvalue weighted by molar-refractivity contribution is -0.274. The van der Waals surface area contributed by atoms with Crippen molar-refractivity contribution in [2.45, 2.75) is 12.8 Å². The monoisotopic (exact) mass is 488 g/mol. The molecule has 1 heterocycles. The van der Waals surface area contributed by atoms with Crippen molar-refractivity contribution in [3.8, 4) is 22.8 Å². The van der Waals surface area contributed by atoms with E-state index in [9.17, 15) is 18.3 Å². The van der Waals surface area contributed by atoms with Crippen LogP contribution < -0.4 is 15.4 Å². The lowest BCUT2D eigenvalue weighted by Crippen LogP contribution is -2.17. The minimum atomic E-state index is -4.83. The van der Waals surface area contributed by atoms with Crippen molar-refractivity contribution in [1.29, 1.82) is 0 Å². The molecule has 170 valence electrons. The minimum absolute atomic E-state index is 0.0209. The van der Waals surface area contributed by atoms with Crippen LogP contribution in [-0.4, -0.2) is 39.7 Å². The lowest BCUT2D eigenvalue weighted by Gasteiger charge is -2.13.